The predicted molar refractivity (Wildman–Crippen MR) is 75.5 cm³/mol. The van der Waals surface area contributed by atoms with E-state index in [-0.39, 0.29) is 17.6 Å². The minimum atomic E-state index is -1.04. The van der Waals surface area contributed by atoms with Crippen molar-refractivity contribution in [3.05, 3.63) is 35.9 Å². The maximum atomic E-state index is 11.6. The molecule has 0 amide bonds. The Balaban J connectivity index is 2.29. The highest BCUT2D eigenvalue weighted by atomic mass is 16.3. The predicted octanol–water partition coefficient (Wildman–Crippen LogP) is 2.79. The van der Waals surface area contributed by atoms with Crippen LogP contribution in [0.2, 0.25) is 0 Å². The van der Waals surface area contributed by atoms with E-state index in [4.69, 9.17) is 0 Å². The Bertz CT molecular complexity index is 509. The maximum Gasteiger partial charge on any atom is 0.133 e. The first kappa shape index (κ1) is 13.8. The molecule has 2 rings (SSSR count). The molecule has 2 heteroatoms. The van der Waals surface area contributed by atoms with Crippen LogP contribution in [0.25, 0.3) is 0 Å². The lowest BCUT2D eigenvalue weighted by Gasteiger charge is -2.40. The zero-order valence-electron chi connectivity index (χ0n) is 11.5. The molecule has 0 unspecified atom stereocenters. The molecule has 0 bridgehead atoms. The van der Waals surface area contributed by atoms with Gasteiger partial charge in [0.1, 0.15) is 11.4 Å². The molecule has 1 aliphatic rings. The highest BCUT2D eigenvalue weighted by molar-refractivity contribution is 5.80. The molecule has 0 saturated heterocycles. The Kier molecular flexibility index (Phi) is 4.07. The van der Waals surface area contributed by atoms with E-state index in [0.717, 1.165) is 12.0 Å². The minimum Gasteiger partial charge on any atom is -0.377 e. The Morgan fingerprint density at radius 1 is 1.32 bits per heavy atom. The molecule has 1 N–H and O–H groups in total. The van der Waals surface area contributed by atoms with Gasteiger partial charge in [-0.15, -0.1) is 0 Å². The van der Waals surface area contributed by atoms with Crippen LogP contribution in [0, 0.1) is 23.7 Å². The molecule has 100 valence electrons. The Labute approximate surface area is 114 Å². The van der Waals surface area contributed by atoms with Gasteiger partial charge < -0.3 is 5.11 Å². The van der Waals surface area contributed by atoms with Crippen molar-refractivity contribution in [2.75, 3.05) is 0 Å². The van der Waals surface area contributed by atoms with Gasteiger partial charge in [-0.1, -0.05) is 43.9 Å². The van der Waals surface area contributed by atoms with Crippen LogP contribution in [0.4, 0.5) is 0 Å². The molecule has 3 atom stereocenters. The first-order valence-electron chi connectivity index (χ1n) is 6.88. The third-order valence-electron chi connectivity index (χ3n) is 4.06. The second-order valence-corrected chi connectivity index (χ2v) is 5.39. The van der Waals surface area contributed by atoms with Gasteiger partial charge in [-0.2, -0.15) is 0 Å². The van der Waals surface area contributed by atoms with E-state index in [9.17, 15) is 9.90 Å². The van der Waals surface area contributed by atoms with Crippen molar-refractivity contribution < 1.29 is 9.90 Å². The first-order valence-corrected chi connectivity index (χ1v) is 6.88. The smallest absolute Gasteiger partial charge is 0.133 e. The third-order valence-corrected chi connectivity index (χ3v) is 4.06. The van der Waals surface area contributed by atoms with Crippen LogP contribution in [0.15, 0.2) is 30.3 Å². The summed E-state index contributed by atoms with van der Waals surface area (Å²) in [6, 6.07) is 9.65. The van der Waals surface area contributed by atoms with E-state index >= 15 is 0 Å². The molecule has 1 aromatic carbocycles. The zero-order chi connectivity index (χ0) is 13.9. The quantitative estimate of drug-likeness (QED) is 0.784. The number of aliphatic hydroxyl groups is 1. The van der Waals surface area contributed by atoms with Gasteiger partial charge in [-0.3, -0.25) is 4.79 Å². The van der Waals surface area contributed by atoms with Crippen LogP contribution >= 0.6 is 0 Å². The molecule has 0 heterocycles. The van der Waals surface area contributed by atoms with E-state index in [0.29, 0.717) is 12.8 Å². The topological polar surface area (TPSA) is 37.3 Å². The SMILES string of the molecule is CC[C@@H]1CC(=O)C[C@H](C)[C@@]1(O)C#Cc1ccccc1. The lowest BCUT2D eigenvalue weighted by Crippen LogP contribution is -2.48. The number of benzene rings is 1. The van der Waals surface area contributed by atoms with Crippen LogP contribution in [-0.2, 0) is 4.79 Å². The van der Waals surface area contributed by atoms with Crippen LogP contribution < -0.4 is 0 Å². The highest BCUT2D eigenvalue weighted by Gasteiger charge is 2.44. The first-order chi connectivity index (χ1) is 9.06. The molecular weight excluding hydrogens is 236 g/mol. The van der Waals surface area contributed by atoms with Gasteiger partial charge in [0, 0.05) is 30.2 Å². The molecule has 1 saturated carbocycles. The van der Waals surface area contributed by atoms with E-state index in [1.54, 1.807) is 0 Å². The summed E-state index contributed by atoms with van der Waals surface area (Å²) in [7, 11) is 0. The average Bonchev–Trinajstić information content (AvgIpc) is 2.42. The van der Waals surface area contributed by atoms with Gasteiger partial charge in [0.15, 0.2) is 0 Å². The molecule has 2 nitrogen and oxygen atoms in total. The van der Waals surface area contributed by atoms with Gasteiger partial charge in [0.2, 0.25) is 0 Å². The third kappa shape index (κ3) is 2.88. The fourth-order valence-corrected chi connectivity index (χ4v) is 2.79. The van der Waals surface area contributed by atoms with Crippen LogP contribution in [0.3, 0.4) is 0 Å². The van der Waals surface area contributed by atoms with Crippen LogP contribution in [0.1, 0.15) is 38.7 Å². The van der Waals surface area contributed by atoms with Crippen LogP contribution in [0.5, 0.6) is 0 Å². The lowest BCUT2D eigenvalue weighted by molar-refractivity contribution is -0.132. The fourth-order valence-electron chi connectivity index (χ4n) is 2.79. The maximum absolute atomic E-state index is 11.6. The van der Waals surface area contributed by atoms with Crippen molar-refractivity contribution in [3.8, 4) is 11.8 Å². The van der Waals surface area contributed by atoms with E-state index < -0.39 is 5.60 Å². The van der Waals surface area contributed by atoms with E-state index in [1.165, 1.54) is 0 Å². The molecular formula is C17H20O2. The van der Waals surface area contributed by atoms with Crippen molar-refractivity contribution in [2.24, 2.45) is 11.8 Å². The Morgan fingerprint density at radius 2 is 2.00 bits per heavy atom. The Hall–Kier alpha value is -1.59. The summed E-state index contributed by atoms with van der Waals surface area (Å²) in [6.07, 6.45) is 1.65. The van der Waals surface area contributed by atoms with E-state index in [2.05, 4.69) is 11.8 Å². The van der Waals surface area contributed by atoms with Gasteiger partial charge in [-0.05, 0) is 18.6 Å². The zero-order valence-corrected chi connectivity index (χ0v) is 11.5. The summed E-state index contributed by atoms with van der Waals surface area (Å²) in [5.41, 5.74) is -0.145. The van der Waals surface area contributed by atoms with Crippen LogP contribution in [-0.4, -0.2) is 16.5 Å². The number of hydrogen-bond acceptors (Lipinski definition) is 2. The molecule has 0 aromatic heterocycles. The molecule has 1 aliphatic carbocycles. The fraction of sp³-hybridized carbons (Fsp3) is 0.471. The summed E-state index contributed by atoms with van der Waals surface area (Å²) in [4.78, 5) is 11.6. The van der Waals surface area contributed by atoms with Gasteiger partial charge in [-0.25, -0.2) is 0 Å². The van der Waals surface area contributed by atoms with Gasteiger partial charge >= 0.3 is 0 Å². The van der Waals surface area contributed by atoms with Crippen molar-refractivity contribution in [3.63, 3.8) is 0 Å². The molecule has 1 fully saturated rings. The largest absolute Gasteiger partial charge is 0.377 e. The van der Waals surface area contributed by atoms with Crippen molar-refractivity contribution in [1.29, 1.82) is 0 Å². The summed E-state index contributed by atoms with van der Waals surface area (Å²) in [5.74, 6) is 6.18. The summed E-state index contributed by atoms with van der Waals surface area (Å²) < 4.78 is 0. The highest BCUT2D eigenvalue weighted by Crippen LogP contribution is 2.38. The monoisotopic (exact) mass is 256 g/mol. The molecule has 0 aliphatic heterocycles. The average molecular weight is 256 g/mol. The summed E-state index contributed by atoms with van der Waals surface area (Å²) in [5, 5.41) is 10.9. The Morgan fingerprint density at radius 3 is 2.63 bits per heavy atom. The molecule has 0 spiro atoms. The van der Waals surface area contributed by atoms with Crippen molar-refractivity contribution in [2.45, 2.75) is 38.7 Å². The summed E-state index contributed by atoms with van der Waals surface area (Å²) in [6.45, 7) is 3.92. The number of hydrogen-bond donors (Lipinski definition) is 1. The number of carbonyl (C=O) groups is 1. The number of carbonyl (C=O) groups excluding carboxylic acids is 1. The number of ketones is 1. The lowest BCUT2D eigenvalue weighted by atomic mass is 9.68. The minimum absolute atomic E-state index is 0.0556. The second kappa shape index (κ2) is 5.59. The molecule has 19 heavy (non-hydrogen) atoms. The molecule has 0 radical (unpaired) electrons. The number of rotatable bonds is 1. The number of Topliss-reactive ketones (excluding diaryl/α,β-unsaturated/α-hetero) is 1. The van der Waals surface area contributed by atoms with Crippen molar-refractivity contribution in [1.82, 2.24) is 0 Å². The standard InChI is InChI=1S/C17H20O2/c1-3-15-12-16(18)11-13(2)17(15,19)10-9-14-7-5-4-6-8-14/h4-8,13,15,19H,3,11-12H2,1-2H3/t13-,15+,17-/m0/s1. The van der Waals surface area contributed by atoms with E-state index in [1.807, 2.05) is 44.2 Å². The summed E-state index contributed by atoms with van der Waals surface area (Å²) >= 11 is 0. The van der Waals surface area contributed by atoms with Gasteiger partial charge in [0.05, 0.1) is 0 Å². The molecule has 1 aromatic rings. The second-order valence-electron chi connectivity index (χ2n) is 5.39. The van der Waals surface area contributed by atoms with Crippen molar-refractivity contribution >= 4 is 5.78 Å². The normalized spacial score (nSPS) is 30.6. The van der Waals surface area contributed by atoms with Gasteiger partial charge in [0.25, 0.3) is 0 Å².